The third kappa shape index (κ3) is 4.22. The zero-order valence-corrected chi connectivity index (χ0v) is 15.5. The van der Waals surface area contributed by atoms with Gasteiger partial charge in [-0.25, -0.2) is 9.97 Å². The molecule has 0 aliphatic heterocycles. The molecule has 0 bridgehead atoms. The smallest absolute Gasteiger partial charge is 0.274 e. The van der Waals surface area contributed by atoms with Gasteiger partial charge in [-0.15, -0.1) is 0 Å². The predicted molar refractivity (Wildman–Crippen MR) is 105 cm³/mol. The molecule has 134 valence electrons. The van der Waals surface area contributed by atoms with Gasteiger partial charge in [0.2, 0.25) is 5.95 Å². The first-order valence-corrected chi connectivity index (χ1v) is 8.54. The molecule has 0 aliphatic carbocycles. The summed E-state index contributed by atoms with van der Waals surface area (Å²) in [6.07, 6.45) is 0. The summed E-state index contributed by atoms with van der Waals surface area (Å²) in [4.78, 5) is 21.2. The maximum atomic E-state index is 12.6. The number of halogens is 1. The van der Waals surface area contributed by atoms with Crippen LogP contribution in [0.2, 0.25) is 5.02 Å². The Balaban J connectivity index is 1.88. The van der Waals surface area contributed by atoms with Crippen LogP contribution in [0.5, 0.6) is 0 Å². The monoisotopic (exact) mass is 377 g/mol. The van der Waals surface area contributed by atoms with E-state index in [0.717, 1.165) is 5.56 Å². The van der Waals surface area contributed by atoms with Crippen molar-refractivity contribution in [2.45, 2.75) is 13.8 Å². The van der Waals surface area contributed by atoms with Gasteiger partial charge in [-0.3, -0.25) is 4.79 Å². The van der Waals surface area contributed by atoms with Crippen LogP contribution < -0.4 is 10.6 Å². The fraction of sp³-hybridized carbons (Fsp3) is 0.100. The number of hydrogen-bond acceptors (Lipinski definition) is 5. The van der Waals surface area contributed by atoms with Crippen molar-refractivity contribution < 1.29 is 4.79 Å². The van der Waals surface area contributed by atoms with Gasteiger partial charge in [0.05, 0.1) is 11.3 Å². The molecule has 3 aromatic rings. The molecule has 0 saturated carbocycles. The van der Waals surface area contributed by atoms with Crippen LogP contribution >= 0.6 is 11.6 Å². The van der Waals surface area contributed by atoms with Gasteiger partial charge in [0.15, 0.2) is 0 Å². The highest BCUT2D eigenvalue weighted by Crippen LogP contribution is 2.24. The number of aryl methyl sites for hydroxylation is 1. The molecule has 1 amide bonds. The largest absolute Gasteiger partial charge is 0.323 e. The van der Waals surface area contributed by atoms with Crippen molar-refractivity contribution in [2.75, 3.05) is 10.6 Å². The fourth-order valence-corrected chi connectivity index (χ4v) is 2.65. The number of amides is 1. The minimum absolute atomic E-state index is 0.207. The van der Waals surface area contributed by atoms with E-state index >= 15 is 0 Å². The van der Waals surface area contributed by atoms with E-state index in [2.05, 4.69) is 26.7 Å². The summed E-state index contributed by atoms with van der Waals surface area (Å²) >= 11 is 6.10. The summed E-state index contributed by atoms with van der Waals surface area (Å²) in [5.41, 5.74) is 3.26. The van der Waals surface area contributed by atoms with Crippen LogP contribution in [0.15, 0.2) is 48.5 Å². The average molecular weight is 378 g/mol. The Labute approximate surface area is 161 Å². The van der Waals surface area contributed by atoms with Gasteiger partial charge in [0, 0.05) is 16.4 Å². The molecule has 1 aromatic heterocycles. The highest BCUT2D eigenvalue weighted by Gasteiger charge is 2.13. The van der Waals surface area contributed by atoms with Crippen LogP contribution in [0.4, 0.5) is 17.3 Å². The molecule has 0 aliphatic rings. The molecular formula is C20H16ClN5O. The molecule has 0 atom stereocenters. The number of carbonyl (C=O) groups excluding carboxylic acids is 1. The zero-order chi connectivity index (χ0) is 19.4. The number of rotatable bonds is 4. The fourth-order valence-electron chi connectivity index (χ4n) is 2.48. The van der Waals surface area contributed by atoms with E-state index in [-0.39, 0.29) is 17.5 Å². The second kappa shape index (κ2) is 7.85. The molecule has 0 radical (unpaired) electrons. The van der Waals surface area contributed by atoms with Crippen molar-refractivity contribution in [3.63, 3.8) is 0 Å². The second-order valence-corrected chi connectivity index (χ2v) is 6.27. The van der Waals surface area contributed by atoms with Crippen LogP contribution in [-0.2, 0) is 0 Å². The van der Waals surface area contributed by atoms with Gasteiger partial charge in [-0.05, 0) is 49.7 Å². The lowest BCUT2D eigenvalue weighted by molar-refractivity contribution is 0.102. The molecule has 1 heterocycles. The lowest BCUT2D eigenvalue weighted by Gasteiger charge is -2.11. The number of nitrogens with one attached hydrogen (secondary N) is 2. The normalized spacial score (nSPS) is 10.1. The molecule has 27 heavy (non-hydrogen) atoms. The van der Waals surface area contributed by atoms with Crippen LogP contribution in [0.1, 0.15) is 27.3 Å². The summed E-state index contributed by atoms with van der Waals surface area (Å²) in [6.45, 7) is 3.60. The Morgan fingerprint density at radius 2 is 1.81 bits per heavy atom. The summed E-state index contributed by atoms with van der Waals surface area (Å²) in [5, 5.41) is 15.6. The summed E-state index contributed by atoms with van der Waals surface area (Å²) in [5.74, 6) is -0.131. The van der Waals surface area contributed by atoms with Gasteiger partial charge in [-0.1, -0.05) is 29.8 Å². The Morgan fingerprint density at radius 3 is 2.59 bits per heavy atom. The van der Waals surface area contributed by atoms with Crippen molar-refractivity contribution in [3.8, 4) is 6.07 Å². The van der Waals surface area contributed by atoms with Gasteiger partial charge in [0.1, 0.15) is 11.8 Å². The van der Waals surface area contributed by atoms with Crippen molar-refractivity contribution in [1.29, 1.82) is 5.26 Å². The summed E-state index contributed by atoms with van der Waals surface area (Å²) in [6, 6.07) is 16.0. The Kier molecular flexibility index (Phi) is 5.34. The molecule has 3 rings (SSSR count). The molecule has 7 heteroatoms. The predicted octanol–water partition coefficient (Wildman–Crippen LogP) is 4.61. The Bertz CT molecular complexity index is 1060. The highest BCUT2D eigenvalue weighted by atomic mass is 35.5. The SMILES string of the molecule is Cc1cc(C(=O)Nc2cccc(Cl)c2C)nc(Nc2ccccc2C#N)n1. The van der Waals surface area contributed by atoms with E-state index in [1.807, 2.05) is 6.92 Å². The average Bonchev–Trinajstić information content (AvgIpc) is 2.65. The van der Waals surface area contributed by atoms with Crippen molar-refractivity contribution in [3.05, 3.63) is 76.1 Å². The third-order valence-electron chi connectivity index (χ3n) is 3.90. The molecule has 0 spiro atoms. The van der Waals surface area contributed by atoms with E-state index < -0.39 is 0 Å². The van der Waals surface area contributed by atoms with Gasteiger partial charge < -0.3 is 10.6 Å². The van der Waals surface area contributed by atoms with E-state index in [9.17, 15) is 10.1 Å². The number of anilines is 3. The minimum Gasteiger partial charge on any atom is -0.323 e. The first-order valence-electron chi connectivity index (χ1n) is 8.16. The van der Waals surface area contributed by atoms with E-state index in [4.69, 9.17) is 11.6 Å². The first kappa shape index (κ1) is 18.4. The number of carbonyl (C=O) groups is 1. The number of benzene rings is 2. The minimum atomic E-state index is -0.373. The van der Waals surface area contributed by atoms with Gasteiger partial charge in [-0.2, -0.15) is 5.26 Å². The summed E-state index contributed by atoms with van der Waals surface area (Å²) in [7, 11) is 0. The van der Waals surface area contributed by atoms with Crippen LogP contribution in [-0.4, -0.2) is 15.9 Å². The van der Waals surface area contributed by atoms with E-state index in [1.54, 1.807) is 55.5 Å². The number of para-hydroxylation sites is 1. The van der Waals surface area contributed by atoms with Crippen LogP contribution in [0.25, 0.3) is 0 Å². The van der Waals surface area contributed by atoms with Crippen molar-refractivity contribution >= 4 is 34.8 Å². The lowest BCUT2D eigenvalue weighted by atomic mass is 10.2. The van der Waals surface area contributed by atoms with E-state index in [1.165, 1.54) is 0 Å². The van der Waals surface area contributed by atoms with Crippen molar-refractivity contribution in [1.82, 2.24) is 9.97 Å². The van der Waals surface area contributed by atoms with Crippen molar-refractivity contribution in [2.24, 2.45) is 0 Å². The number of aromatic nitrogens is 2. The molecule has 0 fully saturated rings. The van der Waals surface area contributed by atoms with E-state index in [0.29, 0.717) is 27.7 Å². The summed E-state index contributed by atoms with van der Waals surface area (Å²) < 4.78 is 0. The first-order chi connectivity index (χ1) is 13.0. The Hall–Kier alpha value is -3.43. The number of nitrogens with zero attached hydrogens (tertiary/aromatic N) is 3. The van der Waals surface area contributed by atoms with Crippen LogP contribution in [0, 0.1) is 25.2 Å². The molecular weight excluding hydrogens is 362 g/mol. The quantitative estimate of drug-likeness (QED) is 0.692. The van der Waals surface area contributed by atoms with Crippen LogP contribution in [0.3, 0.4) is 0 Å². The molecule has 0 unspecified atom stereocenters. The maximum absolute atomic E-state index is 12.6. The number of nitriles is 1. The topological polar surface area (TPSA) is 90.7 Å². The third-order valence-corrected chi connectivity index (χ3v) is 4.31. The highest BCUT2D eigenvalue weighted by molar-refractivity contribution is 6.31. The number of hydrogen-bond donors (Lipinski definition) is 2. The molecule has 2 N–H and O–H groups in total. The zero-order valence-electron chi connectivity index (χ0n) is 14.7. The lowest BCUT2D eigenvalue weighted by Crippen LogP contribution is -2.16. The molecule has 6 nitrogen and oxygen atoms in total. The second-order valence-electron chi connectivity index (χ2n) is 5.87. The molecule has 0 saturated heterocycles. The van der Waals surface area contributed by atoms with Gasteiger partial charge in [0.25, 0.3) is 5.91 Å². The standard InChI is InChI=1S/C20H16ClN5O/c1-12-10-18(19(27)24-16-9-5-7-15(21)13(16)2)26-20(23-12)25-17-8-4-3-6-14(17)11-22/h3-10H,1-2H3,(H,24,27)(H,23,25,26). The molecule has 2 aromatic carbocycles. The Morgan fingerprint density at radius 1 is 1.07 bits per heavy atom. The van der Waals surface area contributed by atoms with Gasteiger partial charge >= 0.3 is 0 Å². The maximum Gasteiger partial charge on any atom is 0.274 e.